The van der Waals surface area contributed by atoms with Gasteiger partial charge in [-0.15, -0.1) is 0 Å². The fourth-order valence-electron chi connectivity index (χ4n) is 3.03. The summed E-state index contributed by atoms with van der Waals surface area (Å²) < 4.78 is 5.63. The van der Waals surface area contributed by atoms with Crippen molar-refractivity contribution in [1.82, 2.24) is 20.5 Å². The number of hydrogen-bond donors (Lipinski definition) is 3. The average molecular weight is 349 g/mol. The molecule has 0 bridgehead atoms. The molecule has 0 spiro atoms. The number of aromatic nitrogens is 3. The highest BCUT2D eigenvalue weighted by atomic mass is 16.5. The van der Waals surface area contributed by atoms with E-state index < -0.39 is 0 Å². The van der Waals surface area contributed by atoms with Crippen LogP contribution in [0.4, 0.5) is 10.5 Å². The first-order valence-corrected chi connectivity index (χ1v) is 8.48. The lowest BCUT2D eigenvalue weighted by Crippen LogP contribution is -2.35. The van der Waals surface area contributed by atoms with E-state index in [1.807, 2.05) is 55.5 Å². The van der Waals surface area contributed by atoms with Gasteiger partial charge in [-0.05, 0) is 25.1 Å². The molecule has 0 unspecified atom stereocenters. The second kappa shape index (κ2) is 6.87. The summed E-state index contributed by atoms with van der Waals surface area (Å²) in [5.74, 6) is 2.17. The highest BCUT2D eigenvalue weighted by Crippen LogP contribution is 2.31. The van der Waals surface area contributed by atoms with E-state index in [0.29, 0.717) is 18.1 Å². The zero-order valence-electron chi connectivity index (χ0n) is 14.3. The number of aromatic amines is 1. The molecule has 3 N–H and O–H groups in total. The Hall–Kier alpha value is -3.35. The first-order valence-electron chi connectivity index (χ1n) is 8.48. The number of rotatable bonds is 3. The molecular formula is C19H19N5O2. The zero-order chi connectivity index (χ0) is 17.9. The van der Waals surface area contributed by atoms with Gasteiger partial charge in [-0.2, -0.15) is 5.10 Å². The van der Waals surface area contributed by atoms with Crippen LogP contribution >= 0.6 is 0 Å². The SMILES string of the molecule is Cc1nc(-c2cccc(NC(=O)N[C@H]3CCOc4ccccc43)c2)n[nH]1. The number of nitrogens with one attached hydrogen (secondary N) is 3. The van der Waals surface area contributed by atoms with Crippen LogP contribution < -0.4 is 15.4 Å². The molecule has 1 aromatic heterocycles. The van der Waals surface area contributed by atoms with E-state index in [2.05, 4.69) is 25.8 Å². The zero-order valence-corrected chi connectivity index (χ0v) is 14.3. The number of H-pyrrole nitrogens is 1. The molecule has 4 rings (SSSR count). The van der Waals surface area contributed by atoms with Gasteiger partial charge in [0.25, 0.3) is 0 Å². The van der Waals surface area contributed by atoms with Crippen molar-refractivity contribution in [2.75, 3.05) is 11.9 Å². The van der Waals surface area contributed by atoms with Gasteiger partial charge in [-0.25, -0.2) is 9.78 Å². The van der Waals surface area contributed by atoms with Gasteiger partial charge in [0.2, 0.25) is 0 Å². The molecule has 2 aromatic carbocycles. The maximum absolute atomic E-state index is 12.4. The van der Waals surface area contributed by atoms with Gasteiger partial charge >= 0.3 is 6.03 Å². The summed E-state index contributed by atoms with van der Waals surface area (Å²) >= 11 is 0. The molecule has 2 heterocycles. The number of anilines is 1. The van der Waals surface area contributed by atoms with Crippen LogP contribution in [-0.4, -0.2) is 27.8 Å². The highest BCUT2D eigenvalue weighted by molar-refractivity contribution is 5.90. The minimum Gasteiger partial charge on any atom is -0.493 e. The van der Waals surface area contributed by atoms with Crippen LogP contribution in [0.2, 0.25) is 0 Å². The Morgan fingerprint density at radius 2 is 2.12 bits per heavy atom. The Labute approximate surface area is 150 Å². The molecule has 7 nitrogen and oxygen atoms in total. The quantitative estimate of drug-likeness (QED) is 0.675. The molecule has 1 aliphatic heterocycles. The van der Waals surface area contributed by atoms with Gasteiger partial charge in [0.05, 0.1) is 12.6 Å². The van der Waals surface area contributed by atoms with E-state index in [4.69, 9.17) is 4.74 Å². The van der Waals surface area contributed by atoms with Crippen LogP contribution in [0, 0.1) is 6.92 Å². The maximum atomic E-state index is 12.4. The summed E-state index contributed by atoms with van der Waals surface area (Å²) in [6, 6.07) is 14.9. The number of amides is 2. The average Bonchev–Trinajstić information content (AvgIpc) is 3.09. The fraction of sp³-hybridized carbons (Fsp3) is 0.211. The van der Waals surface area contributed by atoms with Gasteiger partial charge in [-0.1, -0.05) is 30.3 Å². The number of ether oxygens (including phenoxy) is 1. The number of hydrogen-bond acceptors (Lipinski definition) is 4. The second-order valence-electron chi connectivity index (χ2n) is 6.15. The van der Waals surface area contributed by atoms with Gasteiger partial charge in [0.15, 0.2) is 5.82 Å². The third-order valence-corrected chi connectivity index (χ3v) is 4.24. The molecular weight excluding hydrogens is 330 g/mol. The Balaban J connectivity index is 1.46. The lowest BCUT2D eigenvalue weighted by atomic mass is 10.0. The van der Waals surface area contributed by atoms with E-state index >= 15 is 0 Å². The van der Waals surface area contributed by atoms with E-state index in [-0.39, 0.29) is 12.1 Å². The maximum Gasteiger partial charge on any atom is 0.319 e. The Morgan fingerprint density at radius 1 is 1.23 bits per heavy atom. The van der Waals surface area contributed by atoms with Crippen molar-refractivity contribution >= 4 is 11.7 Å². The van der Waals surface area contributed by atoms with Crippen molar-refractivity contribution < 1.29 is 9.53 Å². The molecule has 132 valence electrons. The van der Waals surface area contributed by atoms with Crippen molar-refractivity contribution in [3.63, 3.8) is 0 Å². The number of urea groups is 1. The van der Waals surface area contributed by atoms with Crippen molar-refractivity contribution in [2.24, 2.45) is 0 Å². The standard InChI is InChI=1S/C19H19N5O2/c1-12-20-18(24-23-12)13-5-4-6-14(11-13)21-19(25)22-16-9-10-26-17-8-3-2-7-15(16)17/h2-8,11,16H,9-10H2,1H3,(H,20,23,24)(H2,21,22,25)/t16-/m0/s1. The molecule has 0 saturated carbocycles. The number of benzene rings is 2. The van der Waals surface area contributed by atoms with Crippen molar-refractivity contribution in [1.29, 1.82) is 0 Å². The van der Waals surface area contributed by atoms with Crippen LogP contribution in [0.15, 0.2) is 48.5 Å². The molecule has 0 aliphatic carbocycles. The van der Waals surface area contributed by atoms with Gasteiger partial charge in [-0.3, -0.25) is 5.10 Å². The number of carbonyl (C=O) groups is 1. The summed E-state index contributed by atoms with van der Waals surface area (Å²) in [7, 11) is 0. The molecule has 0 fully saturated rings. The summed E-state index contributed by atoms with van der Waals surface area (Å²) in [5.41, 5.74) is 2.52. The van der Waals surface area contributed by atoms with Gasteiger partial charge in [0, 0.05) is 23.2 Å². The topological polar surface area (TPSA) is 91.9 Å². The normalized spacial score (nSPS) is 15.7. The predicted molar refractivity (Wildman–Crippen MR) is 98.0 cm³/mol. The van der Waals surface area contributed by atoms with Gasteiger partial charge in [0.1, 0.15) is 11.6 Å². The van der Waals surface area contributed by atoms with E-state index in [1.165, 1.54) is 0 Å². The first kappa shape index (κ1) is 16.1. The van der Waals surface area contributed by atoms with Crippen LogP contribution in [0.1, 0.15) is 23.9 Å². The second-order valence-corrected chi connectivity index (χ2v) is 6.15. The van der Waals surface area contributed by atoms with Crippen molar-refractivity contribution in [3.8, 4) is 17.1 Å². The lowest BCUT2D eigenvalue weighted by molar-refractivity contribution is 0.232. The minimum atomic E-state index is -0.255. The monoisotopic (exact) mass is 349 g/mol. The molecule has 1 aliphatic rings. The molecule has 7 heteroatoms. The predicted octanol–water partition coefficient (Wildman–Crippen LogP) is 3.43. The molecule has 2 amide bonds. The lowest BCUT2D eigenvalue weighted by Gasteiger charge is -2.26. The van der Waals surface area contributed by atoms with Crippen LogP contribution in [0.25, 0.3) is 11.4 Å². The number of fused-ring (bicyclic) bond motifs is 1. The summed E-state index contributed by atoms with van der Waals surface area (Å²) in [5, 5.41) is 12.9. The largest absolute Gasteiger partial charge is 0.493 e. The third kappa shape index (κ3) is 3.37. The van der Waals surface area contributed by atoms with Crippen molar-refractivity contribution in [3.05, 3.63) is 59.9 Å². The third-order valence-electron chi connectivity index (χ3n) is 4.24. The Kier molecular flexibility index (Phi) is 4.27. The van der Waals surface area contributed by atoms with Crippen LogP contribution in [-0.2, 0) is 0 Å². The fourth-order valence-corrected chi connectivity index (χ4v) is 3.03. The Morgan fingerprint density at radius 3 is 2.96 bits per heavy atom. The Bertz CT molecular complexity index is 937. The first-order chi connectivity index (χ1) is 12.7. The number of carbonyl (C=O) groups excluding carboxylic acids is 1. The highest BCUT2D eigenvalue weighted by Gasteiger charge is 2.22. The van der Waals surface area contributed by atoms with Crippen LogP contribution in [0.3, 0.4) is 0 Å². The number of para-hydroxylation sites is 1. The number of aryl methyl sites for hydroxylation is 1. The molecule has 26 heavy (non-hydrogen) atoms. The molecule has 0 saturated heterocycles. The van der Waals surface area contributed by atoms with Crippen molar-refractivity contribution in [2.45, 2.75) is 19.4 Å². The minimum absolute atomic E-state index is 0.0706. The van der Waals surface area contributed by atoms with E-state index in [1.54, 1.807) is 0 Å². The summed E-state index contributed by atoms with van der Waals surface area (Å²) in [6.45, 7) is 2.43. The molecule has 3 aromatic rings. The van der Waals surface area contributed by atoms with E-state index in [9.17, 15) is 4.79 Å². The number of nitrogens with zero attached hydrogens (tertiary/aromatic N) is 2. The molecule has 0 radical (unpaired) electrons. The van der Waals surface area contributed by atoms with E-state index in [0.717, 1.165) is 29.1 Å². The molecule has 1 atom stereocenters. The summed E-state index contributed by atoms with van der Waals surface area (Å²) in [4.78, 5) is 16.8. The smallest absolute Gasteiger partial charge is 0.319 e. The van der Waals surface area contributed by atoms with Gasteiger partial charge < -0.3 is 15.4 Å². The van der Waals surface area contributed by atoms with Crippen LogP contribution in [0.5, 0.6) is 5.75 Å². The summed E-state index contributed by atoms with van der Waals surface area (Å²) in [6.07, 6.45) is 0.737.